The molecule has 0 bridgehead atoms. The van der Waals surface area contributed by atoms with Gasteiger partial charge < -0.3 is 13.9 Å². The summed E-state index contributed by atoms with van der Waals surface area (Å²) < 4.78 is 12.4. The first-order valence-electron chi connectivity index (χ1n) is 7.20. The number of aldehydes is 1. The van der Waals surface area contributed by atoms with E-state index in [-0.39, 0.29) is 12.4 Å². The van der Waals surface area contributed by atoms with Gasteiger partial charge in [-0.1, -0.05) is 0 Å². The largest absolute Gasteiger partial charge is 0.486 e. The molecule has 2 N–H and O–H groups in total. The molecular formula is C16H14N6O3. The van der Waals surface area contributed by atoms with E-state index in [2.05, 4.69) is 15.1 Å². The van der Waals surface area contributed by atoms with Crippen LogP contribution in [0.15, 0.2) is 42.0 Å². The Morgan fingerprint density at radius 1 is 1.40 bits per heavy atom. The third kappa shape index (κ3) is 3.20. The van der Waals surface area contributed by atoms with E-state index in [1.807, 2.05) is 0 Å². The lowest BCUT2D eigenvalue weighted by Crippen LogP contribution is -2.05. The van der Waals surface area contributed by atoms with Gasteiger partial charge in [0.15, 0.2) is 12.1 Å². The molecule has 0 saturated carbocycles. The summed E-state index contributed by atoms with van der Waals surface area (Å²) in [6.45, 7) is 0.106. The number of ether oxygens (including phenoxy) is 2. The molecule has 0 aromatic carbocycles. The lowest BCUT2D eigenvalue weighted by atomic mass is 10.2. The molecule has 9 heteroatoms. The van der Waals surface area contributed by atoms with Crippen molar-refractivity contribution in [3.05, 3.63) is 53.6 Å². The Kier molecular flexibility index (Phi) is 4.46. The predicted octanol–water partition coefficient (Wildman–Crippen LogP) is 2.49. The summed E-state index contributed by atoms with van der Waals surface area (Å²) in [5, 5.41) is 10.9. The molecule has 0 aliphatic carbocycles. The minimum atomic E-state index is -0.170. The lowest BCUT2D eigenvalue weighted by molar-refractivity contribution is 0.111. The molecular weight excluding hydrogens is 324 g/mol. The predicted molar refractivity (Wildman–Crippen MR) is 87.7 cm³/mol. The summed E-state index contributed by atoms with van der Waals surface area (Å²) in [7, 11) is 1.46. The van der Waals surface area contributed by atoms with Crippen molar-refractivity contribution in [1.82, 2.24) is 14.4 Å². The van der Waals surface area contributed by atoms with E-state index in [1.165, 1.54) is 19.4 Å². The Morgan fingerprint density at radius 3 is 2.96 bits per heavy atom. The normalized spacial score (nSPS) is 10.4. The molecule has 3 rings (SSSR count). The van der Waals surface area contributed by atoms with Crippen LogP contribution in [0.5, 0.6) is 11.6 Å². The summed E-state index contributed by atoms with van der Waals surface area (Å²) >= 11 is 0. The molecule has 0 amide bonds. The first-order chi connectivity index (χ1) is 12.2. The number of hydrogen-bond donors (Lipinski definition) is 2. The molecule has 25 heavy (non-hydrogen) atoms. The quantitative estimate of drug-likeness (QED) is 0.309. The maximum absolute atomic E-state index is 11.2. The van der Waals surface area contributed by atoms with E-state index < -0.39 is 0 Å². The number of carbonyl (C=O) groups excluding carboxylic acids is 1. The van der Waals surface area contributed by atoms with Crippen LogP contribution in [0, 0.1) is 10.9 Å². The molecule has 3 aromatic heterocycles. The van der Waals surface area contributed by atoms with Crippen LogP contribution >= 0.6 is 0 Å². The molecule has 0 unspecified atom stereocenters. The van der Waals surface area contributed by atoms with Crippen molar-refractivity contribution in [2.75, 3.05) is 7.11 Å². The van der Waals surface area contributed by atoms with Gasteiger partial charge in [0.2, 0.25) is 5.88 Å². The maximum Gasteiger partial charge on any atom is 0.213 e. The average Bonchev–Trinajstić information content (AvgIpc) is 3.13. The van der Waals surface area contributed by atoms with Crippen molar-refractivity contribution < 1.29 is 14.3 Å². The number of pyridine rings is 2. The molecule has 0 saturated heterocycles. The zero-order chi connectivity index (χ0) is 17.8. The van der Waals surface area contributed by atoms with Crippen LogP contribution < -0.4 is 9.47 Å². The van der Waals surface area contributed by atoms with Crippen molar-refractivity contribution >= 4 is 17.8 Å². The van der Waals surface area contributed by atoms with Crippen LogP contribution in [0.4, 0.5) is 0 Å². The number of aromatic nitrogens is 3. The van der Waals surface area contributed by atoms with Gasteiger partial charge in [-0.15, -0.1) is 5.11 Å². The number of hydrogen-bond acceptors (Lipinski definition) is 7. The Labute approximate surface area is 142 Å². The van der Waals surface area contributed by atoms with Gasteiger partial charge in [0.25, 0.3) is 0 Å². The average molecular weight is 338 g/mol. The summed E-state index contributed by atoms with van der Waals surface area (Å²) in [5.41, 5.74) is 9.11. The topological polar surface area (TPSA) is 126 Å². The van der Waals surface area contributed by atoms with Crippen LogP contribution in [0.25, 0.3) is 5.65 Å². The van der Waals surface area contributed by atoms with E-state index in [4.69, 9.17) is 20.4 Å². The summed E-state index contributed by atoms with van der Waals surface area (Å²) in [6.07, 6.45) is 7.09. The Balaban J connectivity index is 1.93. The fourth-order valence-electron chi connectivity index (χ4n) is 2.32. The third-order valence-corrected chi connectivity index (χ3v) is 3.54. The number of carbonyl (C=O) groups is 1. The second-order valence-electron chi connectivity index (χ2n) is 5.04. The van der Waals surface area contributed by atoms with E-state index in [1.54, 1.807) is 29.1 Å². The van der Waals surface area contributed by atoms with Gasteiger partial charge in [-0.3, -0.25) is 10.2 Å². The standard InChI is InChI=1S/C16H14N6O3/c1-24-14-5-11(8-23)13(6-20-14)25-9-12-4-10(15(17)21-18)7-22-3-2-19-16(12)22/h2-8,17-18H,9H2,1H3. The number of imidazole rings is 1. The molecule has 0 spiro atoms. The highest BCUT2D eigenvalue weighted by molar-refractivity contribution is 5.96. The van der Waals surface area contributed by atoms with Gasteiger partial charge >= 0.3 is 0 Å². The fraction of sp³-hybridized carbons (Fsp3) is 0.125. The SMILES string of the molecule is COc1cc(C=O)c(OCc2cc(C(=N)N=N)cn3ccnc23)cn1. The Morgan fingerprint density at radius 2 is 2.24 bits per heavy atom. The Hall–Kier alpha value is -3.62. The number of methoxy groups -OCH3 is 1. The van der Waals surface area contributed by atoms with E-state index >= 15 is 0 Å². The fourth-order valence-corrected chi connectivity index (χ4v) is 2.32. The second-order valence-corrected chi connectivity index (χ2v) is 5.04. The van der Waals surface area contributed by atoms with Gasteiger partial charge in [0.05, 0.1) is 18.9 Å². The van der Waals surface area contributed by atoms with Gasteiger partial charge in [0, 0.05) is 35.8 Å². The molecule has 0 radical (unpaired) electrons. The molecule has 0 aliphatic heterocycles. The maximum atomic E-state index is 11.2. The highest BCUT2D eigenvalue weighted by Gasteiger charge is 2.12. The minimum absolute atomic E-state index is 0.106. The molecule has 0 fully saturated rings. The van der Waals surface area contributed by atoms with Crippen LogP contribution in [-0.4, -0.2) is 33.6 Å². The zero-order valence-electron chi connectivity index (χ0n) is 13.3. The molecule has 3 heterocycles. The van der Waals surface area contributed by atoms with Gasteiger partial charge in [-0.2, -0.15) is 0 Å². The molecule has 0 atom stereocenters. The van der Waals surface area contributed by atoms with Crippen LogP contribution in [0.1, 0.15) is 21.5 Å². The molecule has 9 nitrogen and oxygen atoms in total. The number of amidine groups is 1. The molecule has 126 valence electrons. The van der Waals surface area contributed by atoms with Crippen LogP contribution in [0.3, 0.4) is 0 Å². The van der Waals surface area contributed by atoms with Gasteiger partial charge in [-0.05, 0) is 6.07 Å². The monoisotopic (exact) mass is 338 g/mol. The van der Waals surface area contributed by atoms with E-state index in [0.717, 1.165) is 0 Å². The molecule has 0 aliphatic rings. The van der Waals surface area contributed by atoms with E-state index in [9.17, 15) is 4.79 Å². The van der Waals surface area contributed by atoms with Crippen LogP contribution in [0.2, 0.25) is 0 Å². The van der Waals surface area contributed by atoms with Crippen molar-refractivity contribution in [1.29, 1.82) is 10.9 Å². The van der Waals surface area contributed by atoms with Crippen LogP contribution in [-0.2, 0) is 6.61 Å². The number of nitrogens with one attached hydrogen (secondary N) is 2. The lowest BCUT2D eigenvalue weighted by Gasteiger charge is -2.11. The minimum Gasteiger partial charge on any atom is -0.486 e. The number of rotatable bonds is 6. The van der Waals surface area contributed by atoms with Gasteiger partial charge in [-0.25, -0.2) is 15.5 Å². The number of fused-ring (bicyclic) bond motifs is 1. The summed E-state index contributed by atoms with van der Waals surface area (Å²) in [4.78, 5) is 19.5. The number of nitrogens with zero attached hydrogens (tertiary/aromatic N) is 4. The first kappa shape index (κ1) is 16.2. The highest BCUT2D eigenvalue weighted by atomic mass is 16.5. The summed E-state index contributed by atoms with van der Waals surface area (Å²) in [6, 6.07) is 3.17. The first-order valence-corrected chi connectivity index (χ1v) is 7.20. The summed E-state index contributed by atoms with van der Waals surface area (Å²) in [5.74, 6) is 0.459. The zero-order valence-corrected chi connectivity index (χ0v) is 13.3. The van der Waals surface area contributed by atoms with E-state index in [0.29, 0.717) is 40.3 Å². The van der Waals surface area contributed by atoms with Crippen molar-refractivity contribution in [3.8, 4) is 11.6 Å². The second kappa shape index (κ2) is 6.87. The van der Waals surface area contributed by atoms with Crippen molar-refractivity contribution in [2.45, 2.75) is 6.61 Å². The Bertz CT molecular complexity index is 966. The van der Waals surface area contributed by atoms with Crippen molar-refractivity contribution in [3.63, 3.8) is 0 Å². The smallest absolute Gasteiger partial charge is 0.213 e. The highest BCUT2D eigenvalue weighted by Crippen LogP contribution is 2.22. The van der Waals surface area contributed by atoms with Crippen molar-refractivity contribution in [2.24, 2.45) is 5.11 Å². The third-order valence-electron chi connectivity index (χ3n) is 3.54. The van der Waals surface area contributed by atoms with Gasteiger partial charge in [0.1, 0.15) is 18.0 Å². The molecule has 3 aromatic rings.